The van der Waals surface area contributed by atoms with Crippen LogP contribution < -0.4 is 0 Å². The lowest BCUT2D eigenvalue weighted by molar-refractivity contribution is 1.10. The molecular formula is C11H13N3Si. The summed E-state index contributed by atoms with van der Waals surface area (Å²) in [4.78, 5) is 8.29. The third-order valence-corrected chi connectivity index (χ3v) is 2.70. The van der Waals surface area contributed by atoms with Crippen LogP contribution in [0, 0.1) is 11.5 Å². The van der Waals surface area contributed by atoms with Gasteiger partial charge in [-0.15, -0.1) is 5.54 Å². The summed E-state index contributed by atoms with van der Waals surface area (Å²) in [5.74, 6) is 3.88. The molecule has 0 N–H and O–H groups in total. The van der Waals surface area contributed by atoms with E-state index in [2.05, 4.69) is 41.1 Å². The highest BCUT2D eigenvalue weighted by Gasteiger charge is 2.07. The molecule has 0 aliphatic heterocycles. The zero-order chi connectivity index (χ0) is 10.9. The van der Waals surface area contributed by atoms with E-state index < -0.39 is 8.07 Å². The highest BCUT2D eigenvalue weighted by atomic mass is 28.3. The summed E-state index contributed by atoms with van der Waals surface area (Å²) in [6.07, 6.45) is 7.35. The second-order valence-corrected chi connectivity index (χ2v) is 9.23. The molecule has 2 aromatic rings. The summed E-state index contributed by atoms with van der Waals surface area (Å²) < 4.78 is 1.88. The van der Waals surface area contributed by atoms with E-state index in [1.807, 2.05) is 16.8 Å². The van der Waals surface area contributed by atoms with Crippen molar-refractivity contribution in [3.05, 3.63) is 30.4 Å². The Balaban J connectivity index is 2.39. The highest BCUT2D eigenvalue weighted by molar-refractivity contribution is 6.83. The second-order valence-electron chi connectivity index (χ2n) is 4.48. The minimum Gasteiger partial charge on any atom is -0.290 e. The van der Waals surface area contributed by atoms with Gasteiger partial charge >= 0.3 is 0 Å². The fraction of sp³-hybridized carbons (Fsp3) is 0.273. The van der Waals surface area contributed by atoms with Crippen molar-refractivity contribution in [3.8, 4) is 11.5 Å². The van der Waals surface area contributed by atoms with E-state index >= 15 is 0 Å². The molecule has 0 spiro atoms. The third kappa shape index (κ3) is 2.45. The Morgan fingerprint density at radius 2 is 2.07 bits per heavy atom. The van der Waals surface area contributed by atoms with E-state index in [-0.39, 0.29) is 0 Å². The predicted octanol–water partition coefficient (Wildman–Crippen LogP) is 1.96. The average molecular weight is 215 g/mol. The van der Waals surface area contributed by atoms with Crippen molar-refractivity contribution < 1.29 is 0 Å². The van der Waals surface area contributed by atoms with Gasteiger partial charge in [0.15, 0.2) is 0 Å². The molecule has 0 saturated carbocycles. The molecule has 0 bridgehead atoms. The first-order valence-electron chi connectivity index (χ1n) is 4.86. The van der Waals surface area contributed by atoms with Crippen LogP contribution in [0.4, 0.5) is 0 Å². The van der Waals surface area contributed by atoms with Gasteiger partial charge in [-0.1, -0.05) is 25.6 Å². The molecular weight excluding hydrogens is 202 g/mol. The second kappa shape index (κ2) is 3.52. The van der Waals surface area contributed by atoms with E-state index in [0.717, 1.165) is 5.56 Å². The maximum absolute atomic E-state index is 4.21. The van der Waals surface area contributed by atoms with Crippen molar-refractivity contribution in [2.75, 3.05) is 0 Å². The van der Waals surface area contributed by atoms with Gasteiger partial charge < -0.3 is 0 Å². The minimum atomic E-state index is -1.31. The van der Waals surface area contributed by atoms with E-state index in [0.29, 0.717) is 5.78 Å². The Bertz CT molecular complexity index is 540. The molecule has 2 heterocycles. The molecule has 4 heteroatoms. The molecule has 0 aromatic carbocycles. The Labute approximate surface area is 90.2 Å². The summed E-state index contributed by atoms with van der Waals surface area (Å²) in [6, 6.07) is 0. The Morgan fingerprint density at radius 3 is 2.80 bits per heavy atom. The smallest absolute Gasteiger partial charge is 0.233 e. The maximum atomic E-state index is 4.21. The molecule has 0 atom stereocenters. The van der Waals surface area contributed by atoms with Gasteiger partial charge in [0.1, 0.15) is 8.07 Å². The van der Waals surface area contributed by atoms with Crippen LogP contribution in [0.1, 0.15) is 5.56 Å². The monoisotopic (exact) mass is 215 g/mol. The maximum Gasteiger partial charge on any atom is 0.233 e. The minimum absolute atomic E-state index is 0.716. The van der Waals surface area contributed by atoms with Crippen LogP contribution in [0.5, 0.6) is 0 Å². The SMILES string of the molecule is C[Si](C)(C)C#Cc1cnc2nccn2c1. The van der Waals surface area contributed by atoms with Crippen molar-refractivity contribution in [3.63, 3.8) is 0 Å². The predicted molar refractivity (Wildman–Crippen MR) is 63.2 cm³/mol. The van der Waals surface area contributed by atoms with Gasteiger partial charge in [0.25, 0.3) is 0 Å². The van der Waals surface area contributed by atoms with Gasteiger partial charge in [-0.2, -0.15) is 0 Å². The van der Waals surface area contributed by atoms with Crippen molar-refractivity contribution in [2.45, 2.75) is 19.6 Å². The number of nitrogens with zero attached hydrogens (tertiary/aromatic N) is 3. The van der Waals surface area contributed by atoms with Crippen LogP contribution in [0.15, 0.2) is 24.8 Å². The van der Waals surface area contributed by atoms with Crippen molar-refractivity contribution >= 4 is 13.9 Å². The molecule has 0 amide bonds. The fourth-order valence-corrected chi connectivity index (χ4v) is 1.66. The molecule has 3 nitrogen and oxygen atoms in total. The summed E-state index contributed by atoms with van der Waals surface area (Å²) in [5, 5.41) is 0. The molecule has 76 valence electrons. The van der Waals surface area contributed by atoms with Crippen LogP contribution in [-0.2, 0) is 0 Å². The molecule has 0 aliphatic carbocycles. The topological polar surface area (TPSA) is 30.2 Å². The third-order valence-electron chi connectivity index (χ3n) is 1.83. The van der Waals surface area contributed by atoms with Crippen molar-refractivity contribution in [1.82, 2.24) is 14.4 Å². The molecule has 0 unspecified atom stereocenters. The molecule has 2 aromatic heterocycles. The Morgan fingerprint density at radius 1 is 1.27 bits per heavy atom. The molecule has 2 rings (SSSR count). The largest absolute Gasteiger partial charge is 0.290 e. The lowest BCUT2D eigenvalue weighted by Crippen LogP contribution is -2.16. The fourth-order valence-electron chi connectivity index (χ4n) is 1.14. The lowest BCUT2D eigenvalue weighted by atomic mass is 10.4. The van der Waals surface area contributed by atoms with E-state index in [4.69, 9.17) is 0 Å². The van der Waals surface area contributed by atoms with Gasteiger partial charge in [-0.3, -0.25) is 4.40 Å². The summed E-state index contributed by atoms with van der Waals surface area (Å²) in [6.45, 7) is 6.68. The number of hydrogen-bond acceptors (Lipinski definition) is 2. The summed E-state index contributed by atoms with van der Waals surface area (Å²) in [7, 11) is -1.31. The Hall–Kier alpha value is -1.60. The number of aromatic nitrogens is 3. The molecule has 0 aliphatic rings. The van der Waals surface area contributed by atoms with Crippen LogP contribution >= 0.6 is 0 Å². The van der Waals surface area contributed by atoms with Crippen LogP contribution in [-0.4, -0.2) is 22.4 Å². The molecule has 15 heavy (non-hydrogen) atoms. The van der Waals surface area contributed by atoms with Gasteiger partial charge in [-0.05, 0) is 0 Å². The lowest BCUT2D eigenvalue weighted by Gasteiger charge is -2.03. The van der Waals surface area contributed by atoms with Crippen molar-refractivity contribution in [2.24, 2.45) is 0 Å². The molecule has 0 fully saturated rings. The summed E-state index contributed by atoms with van der Waals surface area (Å²) in [5.41, 5.74) is 4.26. The van der Waals surface area contributed by atoms with Crippen molar-refractivity contribution in [1.29, 1.82) is 0 Å². The molecule has 0 saturated heterocycles. The van der Waals surface area contributed by atoms with Gasteiger partial charge in [0.05, 0.1) is 5.56 Å². The zero-order valence-corrected chi connectivity index (χ0v) is 10.2. The number of hydrogen-bond donors (Lipinski definition) is 0. The average Bonchev–Trinajstić information content (AvgIpc) is 2.60. The van der Waals surface area contributed by atoms with Gasteiger partial charge in [-0.25, -0.2) is 9.97 Å². The van der Waals surface area contributed by atoms with E-state index in [1.54, 1.807) is 12.4 Å². The van der Waals surface area contributed by atoms with Crippen LogP contribution in [0.3, 0.4) is 0 Å². The first-order chi connectivity index (χ1) is 7.04. The number of imidazole rings is 1. The zero-order valence-electron chi connectivity index (χ0n) is 9.15. The number of fused-ring (bicyclic) bond motifs is 1. The van der Waals surface area contributed by atoms with E-state index in [9.17, 15) is 0 Å². The van der Waals surface area contributed by atoms with Gasteiger partial charge in [0.2, 0.25) is 5.78 Å². The van der Waals surface area contributed by atoms with E-state index in [1.165, 1.54) is 0 Å². The molecule has 0 radical (unpaired) electrons. The quantitative estimate of drug-likeness (QED) is 0.497. The van der Waals surface area contributed by atoms with Crippen LogP contribution in [0.2, 0.25) is 19.6 Å². The highest BCUT2D eigenvalue weighted by Crippen LogP contribution is 2.01. The normalized spacial score (nSPS) is 11.1. The first kappa shape index (κ1) is 9.93. The summed E-state index contributed by atoms with van der Waals surface area (Å²) >= 11 is 0. The first-order valence-corrected chi connectivity index (χ1v) is 8.36. The van der Waals surface area contributed by atoms with Crippen LogP contribution in [0.25, 0.3) is 5.78 Å². The number of rotatable bonds is 0. The standard InChI is InChI=1S/C11H13N3Si/c1-15(2,3)7-4-10-8-13-11-12-5-6-14(11)9-10/h5-6,8-9H,1-3H3. The van der Waals surface area contributed by atoms with Gasteiger partial charge in [0, 0.05) is 24.8 Å². The Kier molecular flexibility index (Phi) is 2.33.